The minimum atomic E-state index is 0.761. The first-order chi connectivity index (χ1) is 12.7. The lowest BCUT2D eigenvalue weighted by atomic mass is 10.1. The Bertz CT molecular complexity index is 808. The first-order valence-corrected chi connectivity index (χ1v) is 8.99. The van der Waals surface area contributed by atoms with Gasteiger partial charge in [0.2, 0.25) is 0 Å². The van der Waals surface area contributed by atoms with Gasteiger partial charge in [-0.1, -0.05) is 23.7 Å². The number of anilines is 2. The highest BCUT2D eigenvalue weighted by molar-refractivity contribution is 6.30. The first kappa shape index (κ1) is 18.1. The maximum atomic E-state index is 5.91. The molecule has 0 atom stereocenters. The Morgan fingerprint density at radius 2 is 1.69 bits per heavy atom. The Balaban J connectivity index is 1.51. The normalized spacial score (nSPS) is 10.5. The lowest BCUT2D eigenvalue weighted by molar-refractivity contribution is 0.853. The molecule has 3 rings (SSSR count). The fourth-order valence-electron chi connectivity index (χ4n) is 2.60. The number of halogens is 1. The van der Waals surface area contributed by atoms with Crippen molar-refractivity contribution in [1.82, 2.24) is 15.0 Å². The number of nitrogens with one attached hydrogen (secondary N) is 1. The van der Waals surface area contributed by atoms with E-state index in [1.165, 1.54) is 11.1 Å². The fourth-order valence-corrected chi connectivity index (χ4v) is 2.73. The van der Waals surface area contributed by atoms with Gasteiger partial charge in [0.1, 0.15) is 18.0 Å². The van der Waals surface area contributed by atoms with Crippen molar-refractivity contribution in [2.24, 2.45) is 0 Å². The largest absolute Gasteiger partial charge is 0.370 e. The van der Waals surface area contributed by atoms with Crippen LogP contribution in [0.1, 0.15) is 11.1 Å². The molecule has 0 aliphatic rings. The highest BCUT2D eigenvalue weighted by atomic mass is 35.5. The molecule has 26 heavy (non-hydrogen) atoms. The molecule has 0 aliphatic carbocycles. The maximum Gasteiger partial charge on any atom is 0.133 e. The summed E-state index contributed by atoms with van der Waals surface area (Å²) in [7, 11) is 2.04. The van der Waals surface area contributed by atoms with Gasteiger partial charge in [0.05, 0.1) is 0 Å². The molecule has 0 spiro atoms. The van der Waals surface area contributed by atoms with Gasteiger partial charge in [0.25, 0.3) is 0 Å². The predicted molar refractivity (Wildman–Crippen MR) is 107 cm³/mol. The van der Waals surface area contributed by atoms with Gasteiger partial charge in [-0.05, 0) is 48.2 Å². The minimum Gasteiger partial charge on any atom is -0.370 e. The van der Waals surface area contributed by atoms with Gasteiger partial charge in [-0.25, -0.2) is 9.97 Å². The van der Waals surface area contributed by atoms with Crippen LogP contribution in [0.25, 0.3) is 0 Å². The van der Waals surface area contributed by atoms with Gasteiger partial charge in [-0.2, -0.15) is 0 Å². The smallest absolute Gasteiger partial charge is 0.133 e. The topological polar surface area (TPSA) is 53.9 Å². The third-order valence-corrected chi connectivity index (χ3v) is 4.41. The van der Waals surface area contributed by atoms with Gasteiger partial charge < -0.3 is 10.2 Å². The number of aromatic nitrogens is 3. The molecule has 5 nitrogen and oxygen atoms in total. The molecule has 0 saturated heterocycles. The number of hydrogen-bond donors (Lipinski definition) is 1. The third-order valence-electron chi connectivity index (χ3n) is 4.16. The fraction of sp³-hybridized carbons (Fsp3) is 0.250. The Morgan fingerprint density at radius 3 is 2.46 bits per heavy atom. The van der Waals surface area contributed by atoms with E-state index >= 15 is 0 Å². The highest BCUT2D eigenvalue weighted by Crippen LogP contribution is 2.14. The molecule has 0 aliphatic heterocycles. The van der Waals surface area contributed by atoms with Crippen molar-refractivity contribution in [2.45, 2.75) is 12.8 Å². The highest BCUT2D eigenvalue weighted by Gasteiger charge is 2.05. The van der Waals surface area contributed by atoms with E-state index in [0.29, 0.717) is 0 Å². The number of hydrogen-bond acceptors (Lipinski definition) is 5. The summed E-state index contributed by atoms with van der Waals surface area (Å²) in [6.45, 7) is 1.68. The summed E-state index contributed by atoms with van der Waals surface area (Å²) in [6, 6.07) is 14.0. The summed E-state index contributed by atoms with van der Waals surface area (Å²) in [5, 5.41) is 4.12. The number of benzene rings is 1. The van der Waals surface area contributed by atoms with Crippen LogP contribution in [0.15, 0.2) is 61.2 Å². The second-order valence-corrected chi connectivity index (χ2v) is 6.53. The van der Waals surface area contributed by atoms with E-state index in [0.717, 1.165) is 42.6 Å². The van der Waals surface area contributed by atoms with Crippen molar-refractivity contribution in [2.75, 3.05) is 30.4 Å². The van der Waals surface area contributed by atoms with Crippen LogP contribution in [-0.4, -0.2) is 35.1 Å². The third kappa shape index (κ3) is 5.43. The monoisotopic (exact) mass is 367 g/mol. The molecule has 1 aromatic carbocycles. The van der Waals surface area contributed by atoms with Crippen molar-refractivity contribution < 1.29 is 0 Å². The van der Waals surface area contributed by atoms with E-state index in [4.69, 9.17) is 11.6 Å². The van der Waals surface area contributed by atoms with E-state index in [1.54, 1.807) is 6.33 Å². The SMILES string of the molecule is CN(CCc1ccncc1)c1cc(NCCc2ccc(Cl)cc2)ncn1. The molecule has 0 amide bonds. The van der Waals surface area contributed by atoms with Gasteiger partial charge in [0.15, 0.2) is 0 Å². The molecular formula is C20H22ClN5. The number of nitrogens with zero attached hydrogens (tertiary/aromatic N) is 4. The second kappa shape index (κ2) is 9.15. The summed E-state index contributed by atoms with van der Waals surface area (Å²) in [5.74, 6) is 1.74. The molecule has 0 unspecified atom stereocenters. The van der Waals surface area contributed by atoms with Crippen LogP contribution in [0.3, 0.4) is 0 Å². The zero-order valence-electron chi connectivity index (χ0n) is 14.8. The summed E-state index contributed by atoms with van der Waals surface area (Å²) in [5.41, 5.74) is 2.51. The van der Waals surface area contributed by atoms with E-state index in [-0.39, 0.29) is 0 Å². The zero-order chi connectivity index (χ0) is 18.2. The second-order valence-electron chi connectivity index (χ2n) is 6.09. The summed E-state index contributed by atoms with van der Waals surface area (Å²) >= 11 is 5.91. The van der Waals surface area contributed by atoms with Crippen molar-refractivity contribution in [3.05, 3.63) is 77.3 Å². The van der Waals surface area contributed by atoms with Crippen LogP contribution in [0.4, 0.5) is 11.6 Å². The molecular weight excluding hydrogens is 346 g/mol. The quantitative estimate of drug-likeness (QED) is 0.655. The molecule has 0 saturated carbocycles. The molecule has 0 radical (unpaired) electrons. The molecule has 0 bridgehead atoms. The Hall–Kier alpha value is -2.66. The number of pyridine rings is 1. The lowest BCUT2D eigenvalue weighted by Gasteiger charge is -2.18. The number of likely N-dealkylation sites (N-methyl/N-ethyl adjacent to an activating group) is 1. The number of rotatable bonds is 8. The van der Waals surface area contributed by atoms with Crippen LogP contribution < -0.4 is 10.2 Å². The molecule has 2 aromatic heterocycles. The van der Waals surface area contributed by atoms with Gasteiger partial charge in [-0.3, -0.25) is 4.98 Å². The van der Waals surface area contributed by atoms with Crippen LogP contribution in [0.2, 0.25) is 5.02 Å². The minimum absolute atomic E-state index is 0.761. The average Bonchev–Trinajstić information content (AvgIpc) is 2.69. The maximum absolute atomic E-state index is 5.91. The molecule has 1 N–H and O–H groups in total. The van der Waals surface area contributed by atoms with Crippen molar-refractivity contribution >= 4 is 23.2 Å². The van der Waals surface area contributed by atoms with Crippen molar-refractivity contribution in [1.29, 1.82) is 0 Å². The Labute approximate surface area is 159 Å². The van der Waals surface area contributed by atoms with Crippen LogP contribution in [0, 0.1) is 0 Å². The van der Waals surface area contributed by atoms with E-state index in [1.807, 2.05) is 61.9 Å². The van der Waals surface area contributed by atoms with Gasteiger partial charge in [0, 0.05) is 43.6 Å². The Morgan fingerprint density at radius 1 is 0.962 bits per heavy atom. The van der Waals surface area contributed by atoms with Crippen molar-refractivity contribution in [3.63, 3.8) is 0 Å². The van der Waals surface area contributed by atoms with E-state index in [2.05, 4.69) is 25.2 Å². The average molecular weight is 368 g/mol. The lowest BCUT2D eigenvalue weighted by Crippen LogP contribution is -2.21. The molecule has 2 heterocycles. The van der Waals surface area contributed by atoms with Crippen molar-refractivity contribution in [3.8, 4) is 0 Å². The van der Waals surface area contributed by atoms with E-state index in [9.17, 15) is 0 Å². The summed E-state index contributed by atoms with van der Waals surface area (Å²) in [4.78, 5) is 14.9. The van der Waals surface area contributed by atoms with Gasteiger partial charge in [-0.15, -0.1) is 0 Å². The molecule has 134 valence electrons. The molecule has 3 aromatic rings. The van der Waals surface area contributed by atoms with Crippen LogP contribution >= 0.6 is 11.6 Å². The zero-order valence-corrected chi connectivity index (χ0v) is 15.5. The van der Waals surface area contributed by atoms with Gasteiger partial charge >= 0.3 is 0 Å². The predicted octanol–water partition coefficient (Wildman–Crippen LogP) is 3.86. The summed E-state index contributed by atoms with van der Waals surface area (Å²) < 4.78 is 0. The van der Waals surface area contributed by atoms with E-state index < -0.39 is 0 Å². The standard InChI is InChI=1S/C20H22ClN5/c1-26(13-9-17-6-10-22-11-7-17)20-14-19(24-15-25-20)23-12-8-16-2-4-18(21)5-3-16/h2-7,10-11,14-15H,8-9,12-13H2,1H3,(H,23,24,25). The summed E-state index contributed by atoms with van der Waals surface area (Å²) in [6.07, 6.45) is 7.10. The first-order valence-electron chi connectivity index (χ1n) is 8.61. The molecule has 0 fully saturated rings. The van der Waals surface area contributed by atoms with Crippen LogP contribution in [-0.2, 0) is 12.8 Å². The van der Waals surface area contributed by atoms with Crippen LogP contribution in [0.5, 0.6) is 0 Å². The Kier molecular flexibility index (Phi) is 6.39. The molecule has 6 heteroatoms.